The number of guanidine groups is 1. The Morgan fingerprint density at radius 3 is 1.56 bits per heavy atom. The van der Waals surface area contributed by atoms with Crippen LogP contribution >= 0.6 is 70.5 Å². The zero-order valence-electron chi connectivity index (χ0n) is 20.7. The van der Waals surface area contributed by atoms with Gasteiger partial charge in [-0.2, -0.15) is 0 Å². The maximum atomic E-state index is 10.1. The zero-order valence-corrected chi connectivity index (χ0v) is 26.8. The van der Waals surface area contributed by atoms with Crippen molar-refractivity contribution in [2.24, 2.45) is 45.1 Å². The Hall–Kier alpha value is -0.490. The van der Waals surface area contributed by atoms with Crippen LogP contribution in [0.15, 0.2) is 4.99 Å². The van der Waals surface area contributed by atoms with Gasteiger partial charge in [0.2, 0.25) is 0 Å². The number of thiocarbonyl (C=S) groups is 1. The molecule has 36 heavy (non-hydrogen) atoms. The molecule has 0 saturated heterocycles. The fourth-order valence-corrected chi connectivity index (χ4v) is 1.45. The van der Waals surface area contributed by atoms with Gasteiger partial charge in [-0.3, -0.25) is 10.3 Å². The lowest BCUT2D eigenvalue weighted by molar-refractivity contribution is -0.308. The number of aliphatic imine (C=N–C) groups is 1. The van der Waals surface area contributed by atoms with Crippen LogP contribution in [0.3, 0.4) is 0 Å². The second kappa shape index (κ2) is 41.6. The molecule has 0 heterocycles. The van der Waals surface area contributed by atoms with E-state index in [0.717, 1.165) is 0 Å². The first kappa shape index (κ1) is 52.0. The highest BCUT2D eigenvalue weighted by atomic mass is 127. The summed E-state index contributed by atoms with van der Waals surface area (Å²) in [5.74, 6) is -2.46. The van der Waals surface area contributed by atoms with Gasteiger partial charge in [0.1, 0.15) is 5.50 Å². The molecule has 0 fully saturated rings. The third-order valence-corrected chi connectivity index (χ3v) is 4.02. The molecule has 0 aromatic heterocycles. The molecule has 0 aliphatic rings. The van der Waals surface area contributed by atoms with Crippen LogP contribution in [0.1, 0.15) is 33.1 Å². The van der Waals surface area contributed by atoms with E-state index in [1.165, 1.54) is 0 Å². The number of carbonyl (C=O) groups is 2. The van der Waals surface area contributed by atoms with Crippen LogP contribution in [-0.4, -0.2) is 79.0 Å². The van der Waals surface area contributed by atoms with Gasteiger partial charge in [0.25, 0.3) is 0 Å². The lowest BCUT2D eigenvalue weighted by atomic mass is 10.2. The van der Waals surface area contributed by atoms with Crippen molar-refractivity contribution in [2.45, 2.75) is 50.7 Å². The summed E-state index contributed by atoms with van der Waals surface area (Å²) in [6.45, 7) is 0.865. The molecule has 3 atom stereocenters. The number of nitrogens with one attached hydrogen (secondary N) is 2. The van der Waals surface area contributed by atoms with Crippen LogP contribution in [0.2, 0.25) is 0 Å². The smallest absolute Gasteiger partial charge is 0.185 e. The zero-order chi connectivity index (χ0) is 28.1. The number of carboxylic acid groups (broad SMARTS) is 2. The molecule has 0 radical (unpaired) electrons. The van der Waals surface area contributed by atoms with Crippen LogP contribution in [0.4, 0.5) is 0 Å². The molecule has 222 valence electrons. The lowest BCUT2D eigenvalue weighted by Gasteiger charge is -2.10. The fourth-order valence-electron chi connectivity index (χ4n) is 1.21. The molecule has 0 aromatic carbocycles. The quantitative estimate of drug-likeness (QED) is 0.0187. The Labute approximate surface area is 256 Å². The lowest BCUT2D eigenvalue weighted by Crippen LogP contribution is -2.41. The maximum Gasteiger partial charge on any atom is 0.185 e. The number of hydrogen-bond donors (Lipinski definition) is 9. The average molecular weight is 787 g/mol. The summed E-state index contributed by atoms with van der Waals surface area (Å²) < 4.78 is 0. The van der Waals surface area contributed by atoms with Crippen LogP contribution < -0.4 is 61.0 Å². The minimum atomic E-state index is -1.25. The first-order chi connectivity index (χ1) is 15.8. The fraction of sp³-hybridized carbons (Fsp3) is 0.778. The minimum Gasteiger partial charge on any atom is -0.548 e. The van der Waals surface area contributed by atoms with Crippen LogP contribution in [-0.2, 0) is 9.59 Å². The summed E-state index contributed by atoms with van der Waals surface area (Å²) >= 11 is 8.10. The van der Waals surface area contributed by atoms with Gasteiger partial charge in [-0.05, 0) is 62.7 Å². The molecule has 0 aliphatic heterocycles. The largest absolute Gasteiger partial charge is 0.548 e. The van der Waals surface area contributed by atoms with Gasteiger partial charge >= 0.3 is 0 Å². The molecule has 0 rings (SSSR count). The first-order valence-corrected chi connectivity index (χ1v) is 13.6. The number of carboxylic acids is 2. The van der Waals surface area contributed by atoms with Gasteiger partial charge < -0.3 is 65.3 Å². The Bertz CT molecular complexity index is 520. The maximum absolute atomic E-state index is 10.1. The monoisotopic (exact) mass is 786 g/mol. The Balaban J connectivity index is -0.0000000626. The summed E-state index contributed by atoms with van der Waals surface area (Å²) in [5.41, 5.74) is 35.8. The number of nitrogens with two attached hydrogens (primary N) is 7. The number of thioether (sulfide) groups is 1. The van der Waals surface area contributed by atoms with Crippen molar-refractivity contribution in [3.05, 3.63) is 0 Å². The summed E-state index contributed by atoms with van der Waals surface area (Å²) in [5, 5.41) is 25.8. The highest BCUT2D eigenvalue weighted by Gasteiger charge is 2.01. The average Bonchev–Trinajstić information content (AvgIpc) is 2.81. The molecule has 0 spiro atoms. The van der Waals surface area contributed by atoms with Gasteiger partial charge in [0.15, 0.2) is 11.1 Å². The molecular weight excluding hydrogens is 738 g/mol. The number of nitrogens with zero attached hydrogens (tertiary/aromatic N) is 1. The predicted molar refractivity (Wildman–Crippen MR) is 173 cm³/mol. The van der Waals surface area contributed by atoms with Gasteiger partial charge in [-0.1, -0.05) is 30.0 Å². The second-order valence-electron chi connectivity index (χ2n) is 5.79. The van der Waals surface area contributed by atoms with Crippen molar-refractivity contribution in [2.75, 3.05) is 38.4 Å². The Morgan fingerprint density at radius 2 is 1.36 bits per heavy atom. The molecule has 16 N–H and O–H groups in total. The number of hydrogen-bond acceptors (Lipinski definition) is 12. The standard InChI is InChI=1S/C6H14N4O2.C5H12N2O2.C3H10N2S.C2H6N2S.CH3I.CH4.HI/c7-4(5(11)12)2-1-3-10-6(8)9;6-3-1-2-4(7)5(8)9;1-5-3(4)6-2;1-4-2(3)5;1-2;;/h4H,1-3,7H2,(H,11,12)(H4,8,9,10);4H,1-3,6-7H2,(H,8,9);3,5H,4H2,1-2H3;1H3,(H3,3,4,5);1H3;1H4;1H/p-2/t;4-;;;;;/m.0...../s1. The molecule has 0 aromatic rings. The van der Waals surface area contributed by atoms with E-state index in [0.29, 0.717) is 43.9 Å². The molecule has 14 nitrogen and oxygen atoms in total. The van der Waals surface area contributed by atoms with Gasteiger partial charge in [-0.25, -0.2) is 0 Å². The third kappa shape index (κ3) is 59.0. The van der Waals surface area contributed by atoms with E-state index in [2.05, 4.69) is 50.4 Å². The number of alkyl halides is 1. The van der Waals surface area contributed by atoms with Crippen LogP contribution in [0, 0.1) is 0 Å². The minimum absolute atomic E-state index is 0. The van der Waals surface area contributed by atoms with E-state index < -0.39 is 24.0 Å². The Morgan fingerprint density at radius 1 is 1.00 bits per heavy atom. The van der Waals surface area contributed by atoms with E-state index in [1.54, 1.807) is 18.8 Å². The first-order valence-electron chi connectivity index (χ1n) is 9.79. The predicted octanol–water partition coefficient (Wildman–Crippen LogP) is -3.51. The molecule has 0 saturated carbocycles. The van der Waals surface area contributed by atoms with Crippen molar-refractivity contribution >= 4 is 93.6 Å². The van der Waals surface area contributed by atoms with E-state index in [9.17, 15) is 19.8 Å². The molecular formula is C18H48I2N10O4S2-2. The molecule has 2 unspecified atom stereocenters. The Kier molecular flexibility index (Phi) is 60.2. The van der Waals surface area contributed by atoms with E-state index >= 15 is 0 Å². The normalized spacial score (nSPS) is 10.8. The molecule has 18 heteroatoms. The van der Waals surface area contributed by atoms with E-state index in [-0.39, 0.29) is 42.9 Å². The number of rotatable bonds is 11. The van der Waals surface area contributed by atoms with Crippen molar-refractivity contribution in [3.8, 4) is 0 Å². The summed E-state index contributed by atoms with van der Waals surface area (Å²) in [4.78, 5) is 25.7. The summed E-state index contributed by atoms with van der Waals surface area (Å²) in [6.07, 6.45) is 3.85. The highest BCUT2D eigenvalue weighted by Crippen LogP contribution is 1.93. The SMILES string of the molecule is C.CI.CNC(N)=S.CNC(N)SC.I.NC(N)=NCCCC(N)C(=O)[O-].NCCC[C@H](N)C(=O)[O-]. The number of halogens is 2. The third-order valence-electron chi connectivity index (χ3n) is 3.08. The highest BCUT2D eigenvalue weighted by molar-refractivity contribution is 14.1. The van der Waals surface area contributed by atoms with Gasteiger partial charge in [0.05, 0.1) is 11.9 Å². The van der Waals surface area contributed by atoms with Crippen molar-refractivity contribution < 1.29 is 19.8 Å². The summed E-state index contributed by atoms with van der Waals surface area (Å²) in [6, 6.07) is -1.78. The van der Waals surface area contributed by atoms with Crippen LogP contribution in [0.5, 0.6) is 0 Å². The van der Waals surface area contributed by atoms with Crippen molar-refractivity contribution in [3.63, 3.8) is 0 Å². The summed E-state index contributed by atoms with van der Waals surface area (Å²) in [7, 11) is 3.52. The topological polar surface area (TPSA) is 299 Å². The van der Waals surface area contributed by atoms with Gasteiger partial charge in [0, 0.05) is 25.7 Å². The van der Waals surface area contributed by atoms with Crippen LogP contribution in [0.25, 0.3) is 0 Å². The van der Waals surface area contributed by atoms with E-state index in [4.69, 9.17) is 40.1 Å². The second-order valence-corrected chi connectivity index (χ2v) is 7.21. The van der Waals surface area contributed by atoms with Crippen molar-refractivity contribution in [1.29, 1.82) is 0 Å². The number of aliphatic carboxylic acids is 2. The van der Waals surface area contributed by atoms with Crippen molar-refractivity contribution in [1.82, 2.24) is 10.6 Å². The van der Waals surface area contributed by atoms with E-state index in [1.807, 2.05) is 18.2 Å². The molecule has 0 bridgehead atoms. The molecule has 0 amide bonds. The number of carbonyl (C=O) groups excluding carboxylic acids is 2. The van der Waals surface area contributed by atoms with Gasteiger partial charge in [-0.15, -0.1) is 35.7 Å². The molecule has 0 aliphatic carbocycles.